The molecule has 0 fully saturated rings. The van der Waals surface area contributed by atoms with Crippen molar-refractivity contribution >= 4 is 34.8 Å². The normalized spacial score (nSPS) is 13.9. The Balaban J connectivity index is -0.000000653. The van der Waals surface area contributed by atoms with Gasteiger partial charge in [0.15, 0.2) is 0 Å². The molecular formula is C8Cl2MnN2O4. The van der Waals surface area contributed by atoms with Gasteiger partial charge in [0.05, 0.1) is 0 Å². The van der Waals surface area contributed by atoms with Crippen LogP contribution in [0.1, 0.15) is 0 Å². The quantitative estimate of drug-likeness (QED) is 0.484. The number of rotatable bonds is 0. The fourth-order valence-corrected chi connectivity index (χ4v) is 1.22. The van der Waals surface area contributed by atoms with Crippen molar-refractivity contribution in [2.75, 3.05) is 0 Å². The number of allylic oxidation sites excluding steroid dienone is 4. The Kier molecular flexibility index (Phi) is 9.94. The van der Waals surface area contributed by atoms with Crippen LogP contribution >= 0.6 is 23.2 Å². The van der Waals surface area contributed by atoms with Gasteiger partial charge < -0.3 is 11.0 Å². The predicted octanol–water partition coefficient (Wildman–Crippen LogP) is 0.931. The van der Waals surface area contributed by atoms with Crippen molar-refractivity contribution in [3.8, 4) is 12.1 Å². The van der Waals surface area contributed by atoms with E-state index < -0.39 is 32.8 Å². The van der Waals surface area contributed by atoms with E-state index in [0.29, 0.717) is 0 Å². The van der Waals surface area contributed by atoms with Crippen LogP contribution in [0.25, 0.3) is 0 Å². The van der Waals surface area contributed by atoms with Crippen molar-refractivity contribution in [1.82, 2.24) is 0 Å². The molecule has 0 saturated heterocycles. The van der Waals surface area contributed by atoms with Crippen molar-refractivity contribution in [1.29, 1.82) is 10.5 Å². The molecule has 1 rings (SSSR count). The maximum atomic E-state index is 11.2. The third kappa shape index (κ3) is 3.39. The van der Waals surface area contributed by atoms with Crippen LogP contribution in [0.3, 0.4) is 0 Å². The first kappa shape index (κ1) is 21.1. The number of hydrogen-bond acceptors (Lipinski definition) is 4. The molecule has 0 saturated carbocycles. The molecule has 0 bridgehead atoms. The van der Waals surface area contributed by atoms with Crippen molar-refractivity contribution in [2.45, 2.75) is 0 Å². The first-order valence-electron chi connectivity index (χ1n) is 3.23. The second kappa shape index (κ2) is 7.99. The summed E-state index contributed by atoms with van der Waals surface area (Å²) >= 11 is 10.8. The summed E-state index contributed by atoms with van der Waals surface area (Å²) in [5.41, 5.74) is -1.13. The molecule has 1 aliphatic carbocycles. The Labute approximate surface area is 116 Å². The van der Waals surface area contributed by atoms with Crippen LogP contribution < -0.4 is 0 Å². The maximum Gasteiger partial charge on any atom is 4.00 e. The van der Waals surface area contributed by atoms with Gasteiger partial charge >= 0.3 is 17.1 Å². The average Bonchev–Trinajstić information content (AvgIpc) is 2.20. The Bertz CT molecular complexity index is 455. The molecule has 1 radical (unpaired) electrons. The standard InChI is InChI=1S/C8Cl2N2O2.Mn.2O/c9-5-6(10)8(14)4(2-12)3(1-11)7(5)13;;;/q;+4;2*-2. The summed E-state index contributed by atoms with van der Waals surface area (Å²) in [4.78, 5) is 22.4. The molecule has 0 aliphatic heterocycles. The summed E-state index contributed by atoms with van der Waals surface area (Å²) in [6.07, 6.45) is 0. The predicted molar refractivity (Wildman–Crippen MR) is 48.4 cm³/mol. The molecule has 0 amide bonds. The van der Waals surface area contributed by atoms with Gasteiger partial charge in [-0.3, -0.25) is 9.59 Å². The van der Waals surface area contributed by atoms with Crippen LogP contribution in [0.2, 0.25) is 0 Å². The first-order chi connectivity index (χ1) is 6.54. The molecule has 0 heterocycles. The maximum absolute atomic E-state index is 11.2. The molecule has 0 aromatic heterocycles. The minimum atomic E-state index is -0.893. The summed E-state index contributed by atoms with van der Waals surface area (Å²) in [6.45, 7) is 0. The smallest absolute Gasteiger partial charge is 2.00 e. The molecule has 0 aromatic carbocycles. The summed E-state index contributed by atoms with van der Waals surface area (Å²) in [6, 6.07) is 2.89. The van der Waals surface area contributed by atoms with E-state index in [0.717, 1.165) is 0 Å². The third-order valence-electron chi connectivity index (χ3n) is 1.52. The summed E-state index contributed by atoms with van der Waals surface area (Å²) in [7, 11) is 0. The van der Waals surface area contributed by atoms with Gasteiger partial charge in [0.25, 0.3) is 0 Å². The van der Waals surface area contributed by atoms with Crippen molar-refractivity contribution < 1.29 is 37.6 Å². The molecule has 0 unspecified atom stereocenters. The monoisotopic (exact) mass is 313 g/mol. The molecule has 87 valence electrons. The number of nitrogens with zero attached hydrogens (tertiary/aromatic N) is 2. The Hall–Kier alpha value is -1.18. The van der Waals surface area contributed by atoms with Crippen LogP contribution in [-0.4, -0.2) is 11.6 Å². The van der Waals surface area contributed by atoms with Gasteiger partial charge in [-0.15, -0.1) is 0 Å². The summed E-state index contributed by atoms with van der Waals surface area (Å²) < 4.78 is 0. The fourth-order valence-electron chi connectivity index (χ4n) is 0.859. The molecular weight excluding hydrogens is 314 g/mol. The van der Waals surface area contributed by atoms with Gasteiger partial charge in [-0.2, -0.15) is 10.5 Å². The number of carbonyl (C=O) groups excluding carboxylic acids is 2. The molecule has 0 atom stereocenters. The van der Waals surface area contributed by atoms with Crippen LogP contribution in [0.15, 0.2) is 21.2 Å². The van der Waals surface area contributed by atoms with E-state index in [2.05, 4.69) is 0 Å². The van der Waals surface area contributed by atoms with E-state index in [1.807, 2.05) is 0 Å². The molecule has 6 nitrogen and oxygen atoms in total. The summed E-state index contributed by atoms with van der Waals surface area (Å²) in [5.74, 6) is -1.79. The van der Waals surface area contributed by atoms with E-state index in [1.54, 1.807) is 0 Å². The first-order valence-corrected chi connectivity index (χ1v) is 3.99. The van der Waals surface area contributed by atoms with E-state index in [9.17, 15) is 9.59 Å². The van der Waals surface area contributed by atoms with Crippen LogP contribution in [-0.2, 0) is 37.6 Å². The third-order valence-corrected chi connectivity index (χ3v) is 2.34. The topological polar surface area (TPSA) is 139 Å². The van der Waals surface area contributed by atoms with Crippen molar-refractivity contribution in [3.63, 3.8) is 0 Å². The number of hydrogen-bond donors (Lipinski definition) is 0. The number of nitriles is 2. The minimum absolute atomic E-state index is 0. The van der Waals surface area contributed by atoms with Crippen molar-refractivity contribution in [3.05, 3.63) is 21.2 Å². The molecule has 9 heteroatoms. The van der Waals surface area contributed by atoms with Gasteiger partial charge in [0.2, 0.25) is 11.6 Å². The van der Waals surface area contributed by atoms with Gasteiger partial charge in [-0.1, -0.05) is 23.2 Å². The molecule has 0 spiro atoms. The van der Waals surface area contributed by atoms with Crippen LogP contribution in [0, 0.1) is 22.7 Å². The second-order valence-corrected chi connectivity index (χ2v) is 3.02. The SMILES string of the molecule is N#CC1=C(C#N)C(=O)C(Cl)=C(Cl)C1=O.[Mn+4].[O-2].[O-2]. The summed E-state index contributed by atoms with van der Waals surface area (Å²) in [5, 5.41) is 16.0. The Morgan fingerprint density at radius 3 is 1.24 bits per heavy atom. The van der Waals surface area contributed by atoms with E-state index in [-0.39, 0.29) is 28.0 Å². The van der Waals surface area contributed by atoms with E-state index >= 15 is 0 Å². The second-order valence-electron chi connectivity index (χ2n) is 2.26. The van der Waals surface area contributed by atoms with Crippen LogP contribution in [0.4, 0.5) is 0 Å². The average molecular weight is 314 g/mol. The largest absolute Gasteiger partial charge is 4.00 e. The van der Waals surface area contributed by atoms with E-state index in [1.165, 1.54) is 12.1 Å². The number of carbonyl (C=O) groups is 2. The number of ketones is 2. The van der Waals surface area contributed by atoms with Gasteiger partial charge in [0, 0.05) is 0 Å². The Morgan fingerprint density at radius 2 is 1.06 bits per heavy atom. The van der Waals surface area contributed by atoms with Crippen molar-refractivity contribution in [2.24, 2.45) is 0 Å². The number of halogens is 2. The number of Topliss-reactive ketones (excluding diaryl/α,β-unsaturated/α-hetero) is 2. The zero-order chi connectivity index (χ0) is 10.9. The van der Waals surface area contributed by atoms with Gasteiger partial charge in [-0.25, -0.2) is 0 Å². The molecule has 0 N–H and O–H groups in total. The molecule has 0 aromatic rings. The van der Waals surface area contributed by atoms with Gasteiger partial charge in [-0.05, 0) is 0 Å². The van der Waals surface area contributed by atoms with Crippen LogP contribution in [0.5, 0.6) is 0 Å². The Morgan fingerprint density at radius 1 is 0.824 bits per heavy atom. The zero-order valence-corrected chi connectivity index (χ0v) is 10.4. The minimum Gasteiger partial charge on any atom is -2.00 e. The fraction of sp³-hybridized carbons (Fsp3) is 0. The van der Waals surface area contributed by atoms with E-state index in [4.69, 9.17) is 33.7 Å². The molecule has 1 aliphatic rings. The zero-order valence-electron chi connectivity index (χ0n) is 7.66. The van der Waals surface area contributed by atoms with Gasteiger partial charge in [0.1, 0.15) is 33.3 Å². The molecule has 17 heavy (non-hydrogen) atoms.